The molecule has 1 heterocycles. The van der Waals surface area contributed by atoms with E-state index in [9.17, 15) is 14.7 Å². The van der Waals surface area contributed by atoms with E-state index in [4.69, 9.17) is 0 Å². The van der Waals surface area contributed by atoms with Crippen molar-refractivity contribution in [3.05, 3.63) is 35.9 Å². The molecule has 1 aliphatic heterocycles. The molecule has 1 amide bonds. The highest BCUT2D eigenvalue weighted by atomic mass is 16.4. The van der Waals surface area contributed by atoms with Gasteiger partial charge in [-0.25, -0.2) is 0 Å². The zero-order chi connectivity index (χ0) is 14.5. The number of carboxylic acid groups (broad SMARTS) is 1. The highest BCUT2D eigenvalue weighted by Gasteiger charge is 2.71. The molecule has 1 aromatic carbocycles. The van der Waals surface area contributed by atoms with E-state index in [1.54, 1.807) is 11.8 Å². The maximum absolute atomic E-state index is 12.7. The van der Waals surface area contributed by atoms with Gasteiger partial charge in [0.1, 0.15) is 0 Å². The lowest BCUT2D eigenvalue weighted by Gasteiger charge is -2.26. The minimum absolute atomic E-state index is 0.0127. The normalized spacial score (nSPS) is 28.7. The van der Waals surface area contributed by atoms with Gasteiger partial charge in [0, 0.05) is 6.54 Å². The number of nitrogens with zero attached hydrogens (tertiary/aromatic N) is 1. The van der Waals surface area contributed by atoms with Gasteiger partial charge in [-0.2, -0.15) is 0 Å². The van der Waals surface area contributed by atoms with Crippen molar-refractivity contribution in [2.24, 2.45) is 10.8 Å². The minimum atomic E-state index is -0.951. The molecular formula is C16H19NO3. The second-order valence-corrected chi connectivity index (χ2v) is 6.24. The number of carbonyl (C=O) groups excluding carboxylic acids is 1. The summed E-state index contributed by atoms with van der Waals surface area (Å²) in [5.41, 5.74) is -0.555. The van der Waals surface area contributed by atoms with Crippen molar-refractivity contribution < 1.29 is 14.7 Å². The fourth-order valence-corrected chi connectivity index (χ4v) is 3.46. The molecule has 106 valence electrons. The van der Waals surface area contributed by atoms with Gasteiger partial charge in [-0.1, -0.05) is 30.3 Å². The van der Waals surface area contributed by atoms with E-state index in [1.165, 1.54) is 0 Å². The zero-order valence-corrected chi connectivity index (χ0v) is 11.8. The Hall–Kier alpha value is -1.84. The van der Waals surface area contributed by atoms with Gasteiger partial charge in [0.25, 0.3) is 0 Å². The quantitative estimate of drug-likeness (QED) is 0.920. The molecular weight excluding hydrogens is 254 g/mol. The Balaban J connectivity index is 1.94. The number of likely N-dealkylation sites (tertiary alicyclic amines) is 1. The highest BCUT2D eigenvalue weighted by Crippen LogP contribution is 2.64. The maximum atomic E-state index is 12.7. The molecule has 0 aromatic heterocycles. The smallest absolute Gasteiger partial charge is 0.312 e. The Morgan fingerprint density at radius 2 is 1.90 bits per heavy atom. The van der Waals surface area contributed by atoms with Crippen LogP contribution in [0.1, 0.15) is 38.3 Å². The molecule has 1 aliphatic carbocycles. The summed E-state index contributed by atoms with van der Waals surface area (Å²) in [5, 5.41) is 9.56. The number of rotatable bonds is 3. The summed E-state index contributed by atoms with van der Waals surface area (Å²) in [6.45, 7) is 3.99. The molecule has 0 bridgehead atoms. The van der Waals surface area contributed by atoms with Crippen LogP contribution in [0.3, 0.4) is 0 Å². The fraction of sp³-hybridized carbons (Fsp3) is 0.500. The van der Waals surface area contributed by atoms with E-state index >= 15 is 0 Å². The summed E-state index contributed by atoms with van der Waals surface area (Å²) in [6, 6.07) is 9.70. The van der Waals surface area contributed by atoms with E-state index in [2.05, 4.69) is 0 Å². The standard InChI is InChI=1S/C16H19NO3/c1-11(12-6-4-3-5-7-12)17-10-15(2,14(19)20)16(8-9-16)13(17)18/h3-7,11H,8-10H2,1-2H3,(H,19,20)/t11-,15+/m1/s1. The molecule has 1 spiro atoms. The first-order chi connectivity index (χ1) is 9.42. The van der Waals surface area contributed by atoms with Crippen molar-refractivity contribution in [1.82, 2.24) is 4.90 Å². The monoisotopic (exact) mass is 273 g/mol. The van der Waals surface area contributed by atoms with E-state index in [0.717, 1.165) is 5.56 Å². The van der Waals surface area contributed by atoms with Crippen molar-refractivity contribution >= 4 is 11.9 Å². The van der Waals surface area contributed by atoms with Gasteiger partial charge in [-0.05, 0) is 32.3 Å². The third kappa shape index (κ3) is 1.54. The fourth-order valence-electron chi connectivity index (χ4n) is 3.46. The summed E-state index contributed by atoms with van der Waals surface area (Å²) >= 11 is 0. The van der Waals surface area contributed by atoms with Crippen LogP contribution >= 0.6 is 0 Å². The number of carbonyl (C=O) groups is 2. The average molecular weight is 273 g/mol. The van der Waals surface area contributed by atoms with Gasteiger partial charge in [0.2, 0.25) is 5.91 Å². The molecule has 2 atom stereocenters. The minimum Gasteiger partial charge on any atom is -0.481 e. The number of hydrogen-bond acceptors (Lipinski definition) is 2. The van der Waals surface area contributed by atoms with Crippen molar-refractivity contribution in [2.75, 3.05) is 6.54 Å². The SMILES string of the molecule is C[C@H](c1ccccc1)N1C[C@@](C)(C(=O)O)C2(CC2)C1=O. The van der Waals surface area contributed by atoms with Crippen molar-refractivity contribution in [3.8, 4) is 0 Å². The molecule has 4 nitrogen and oxygen atoms in total. The lowest BCUT2D eigenvalue weighted by Crippen LogP contribution is -2.37. The first kappa shape index (κ1) is 13.2. The Kier molecular flexibility index (Phi) is 2.68. The molecule has 2 aliphatic rings. The van der Waals surface area contributed by atoms with Crippen LogP contribution in [0.25, 0.3) is 0 Å². The second kappa shape index (κ2) is 4.08. The Bertz CT molecular complexity index is 564. The number of hydrogen-bond donors (Lipinski definition) is 1. The number of aliphatic carboxylic acids is 1. The van der Waals surface area contributed by atoms with Crippen molar-refractivity contribution in [1.29, 1.82) is 0 Å². The topological polar surface area (TPSA) is 57.6 Å². The first-order valence-corrected chi connectivity index (χ1v) is 7.02. The Morgan fingerprint density at radius 1 is 1.30 bits per heavy atom. The van der Waals surface area contributed by atoms with Gasteiger partial charge < -0.3 is 10.0 Å². The predicted octanol–water partition coefficient (Wildman–Crippen LogP) is 2.46. The third-order valence-electron chi connectivity index (χ3n) is 5.18. The first-order valence-electron chi connectivity index (χ1n) is 7.02. The summed E-state index contributed by atoms with van der Waals surface area (Å²) in [6.07, 6.45) is 1.40. The summed E-state index contributed by atoms with van der Waals surface area (Å²) < 4.78 is 0. The predicted molar refractivity (Wildman–Crippen MR) is 74.0 cm³/mol. The van der Waals surface area contributed by atoms with E-state index in [0.29, 0.717) is 19.4 Å². The number of benzene rings is 1. The van der Waals surface area contributed by atoms with Gasteiger partial charge in [0.15, 0.2) is 0 Å². The largest absolute Gasteiger partial charge is 0.481 e. The van der Waals surface area contributed by atoms with Crippen molar-refractivity contribution in [3.63, 3.8) is 0 Å². The number of carboxylic acids is 1. The highest BCUT2D eigenvalue weighted by molar-refractivity contribution is 5.96. The molecule has 0 unspecified atom stereocenters. The van der Waals surface area contributed by atoms with E-state index in [1.807, 2.05) is 37.3 Å². The maximum Gasteiger partial charge on any atom is 0.312 e. The molecule has 1 aromatic rings. The summed E-state index contributed by atoms with van der Waals surface area (Å²) in [4.78, 5) is 26.1. The zero-order valence-electron chi connectivity index (χ0n) is 11.8. The molecule has 2 fully saturated rings. The van der Waals surface area contributed by atoms with Crippen LogP contribution in [0.5, 0.6) is 0 Å². The van der Waals surface area contributed by atoms with Crippen LogP contribution < -0.4 is 0 Å². The van der Waals surface area contributed by atoms with Crippen molar-refractivity contribution in [2.45, 2.75) is 32.7 Å². The third-order valence-corrected chi connectivity index (χ3v) is 5.18. The molecule has 3 rings (SSSR count). The van der Waals surface area contributed by atoms with Crippen LogP contribution in [-0.2, 0) is 9.59 Å². The summed E-state index contributed by atoms with van der Waals surface area (Å²) in [5.74, 6) is -0.843. The average Bonchev–Trinajstić information content (AvgIpc) is 3.22. The van der Waals surface area contributed by atoms with Gasteiger partial charge >= 0.3 is 5.97 Å². The molecule has 1 saturated heterocycles. The molecule has 4 heteroatoms. The van der Waals surface area contributed by atoms with E-state index in [-0.39, 0.29) is 11.9 Å². The van der Waals surface area contributed by atoms with Crippen LogP contribution in [0.15, 0.2) is 30.3 Å². The molecule has 20 heavy (non-hydrogen) atoms. The van der Waals surface area contributed by atoms with Crippen LogP contribution in [0, 0.1) is 10.8 Å². The molecule has 0 radical (unpaired) electrons. The molecule has 1 saturated carbocycles. The lowest BCUT2D eigenvalue weighted by atomic mass is 9.77. The Labute approximate surface area is 118 Å². The number of amides is 1. The Morgan fingerprint density at radius 3 is 2.35 bits per heavy atom. The van der Waals surface area contributed by atoms with Crippen LogP contribution in [0.4, 0.5) is 0 Å². The second-order valence-electron chi connectivity index (χ2n) is 6.24. The van der Waals surface area contributed by atoms with Crippen LogP contribution in [0.2, 0.25) is 0 Å². The van der Waals surface area contributed by atoms with E-state index < -0.39 is 16.8 Å². The van der Waals surface area contributed by atoms with Gasteiger partial charge in [-0.15, -0.1) is 0 Å². The van der Waals surface area contributed by atoms with Crippen LogP contribution in [-0.4, -0.2) is 28.4 Å². The molecule has 1 N–H and O–H groups in total. The summed E-state index contributed by atoms with van der Waals surface area (Å²) in [7, 11) is 0. The lowest BCUT2D eigenvalue weighted by molar-refractivity contribution is -0.152. The van der Waals surface area contributed by atoms with Gasteiger partial charge in [-0.3, -0.25) is 9.59 Å². The van der Waals surface area contributed by atoms with Gasteiger partial charge in [0.05, 0.1) is 16.9 Å².